The molecule has 3 heterocycles. The van der Waals surface area contributed by atoms with Crippen LogP contribution in [0.4, 0.5) is 0 Å². The average molecular weight is 1910 g/mol. The number of guanidine groups is 2. The van der Waals surface area contributed by atoms with Crippen molar-refractivity contribution in [2.24, 2.45) is 40.5 Å². The summed E-state index contributed by atoms with van der Waals surface area (Å²) in [4.78, 5) is 213. The summed E-state index contributed by atoms with van der Waals surface area (Å²) in [6.07, 6.45) is 3.16. The Morgan fingerprint density at radius 1 is 0.360 bits per heavy atom. The number of hydrogen-bond acceptors (Lipinski definition) is 18. The lowest BCUT2D eigenvalue weighted by molar-refractivity contribution is -0.143. The summed E-state index contributed by atoms with van der Waals surface area (Å²) >= 11 is 0. The van der Waals surface area contributed by atoms with Gasteiger partial charge in [0.05, 0.1) is 6.04 Å². The van der Waals surface area contributed by atoms with Gasteiger partial charge < -0.3 is 107 Å². The highest BCUT2D eigenvalue weighted by atomic mass is 16.2. The van der Waals surface area contributed by atoms with E-state index in [1.807, 2.05) is 70.2 Å². The largest absolute Gasteiger partial charge is 0.370 e. The lowest BCUT2D eigenvalue weighted by Crippen LogP contribution is -2.61. The van der Waals surface area contributed by atoms with Gasteiger partial charge in [-0.2, -0.15) is 0 Å². The Bertz CT molecular complexity index is 5310. The van der Waals surface area contributed by atoms with Crippen molar-refractivity contribution >= 4 is 105 Å². The van der Waals surface area contributed by atoms with Crippen molar-refractivity contribution in [1.29, 1.82) is 10.8 Å². The van der Waals surface area contributed by atoms with Crippen LogP contribution < -0.4 is 92.5 Å². The number of fused-ring (bicyclic) bond motifs is 1. The molecule has 24 N–H and O–H groups in total. The maximum atomic E-state index is 15.7. The van der Waals surface area contributed by atoms with Gasteiger partial charge in [-0.05, 0) is 159 Å². The molecule has 0 aliphatic carbocycles. The predicted octanol–water partition coefficient (Wildman–Crippen LogP) is 2.98. The van der Waals surface area contributed by atoms with E-state index in [0.717, 1.165) is 16.3 Å². The molecule has 15 atom stereocenters. The van der Waals surface area contributed by atoms with E-state index in [1.165, 1.54) is 14.7 Å². The molecule has 14 amide bonds. The van der Waals surface area contributed by atoms with Gasteiger partial charge in [-0.25, -0.2) is 0 Å². The molecule has 0 radical (unpaired) electrons. The van der Waals surface area contributed by atoms with E-state index in [0.29, 0.717) is 66.3 Å². The normalized spacial score (nSPS) is 17.1. The third-order valence-corrected chi connectivity index (χ3v) is 25.7. The van der Waals surface area contributed by atoms with Gasteiger partial charge in [0.25, 0.3) is 0 Å². The standard InChI is InChI=1S/C103H138N22O14/c1-5-65(4)87(122-89(127)74(105)63-72-43-25-42-71-41-21-22-44-73(71)72)98(136)121-81(57-64(2)3)99(137)123-54-28-48-84(123)95(133)116-78(58-66-31-11-6-12-32-66)92(130)114-76(45-23-24-51-104)91(129)119-82(61-69-37-17-9-18-38-69)100(138)124-55-29-50-86(124)97(135)118-80(60-68-35-15-8-16-36-68)94(132)120-83(62-70-39-19-10-20-40-70)101(139)125-56-30-49-85(125)96(134)117-79(59-67-33-13-7-14-34-67)93(131)115-77(47-27-53-112-103(109)110)90(128)113-75(88(106)126)46-26-52-111-102(107)108/h6-22,25,31-44,64-65,74-87H,5,23-24,26-30,45-63,104-105H2,1-4H3,(H2,106,126)(H,113,128)(H,114,130)(H,115,131)(H,116,133)(H,117,134)(H,118,135)(H,119,129)(H,120,132)(H,121,136)(H,122,127)(H4,107,108,111)(H4,109,110,112)/t65-,74-,75-,76-,77-,78-,79-,80-,81-,82-,83-,84-,85-,86-,87-/m0/s1. The van der Waals surface area contributed by atoms with Crippen LogP contribution in [0.25, 0.3) is 10.8 Å². The van der Waals surface area contributed by atoms with Crippen molar-refractivity contribution in [3.8, 4) is 0 Å². The van der Waals surface area contributed by atoms with Gasteiger partial charge in [-0.15, -0.1) is 0 Å². The summed E-state index contributed by atoms with van der Waals surface area (Å²) in [7, 11) is 0. The van der Waals surface area contributed by atoms with Crippen LogP contribution in [0.15, 0.2) is 194 Å². The molecule has 3 aliphatic rings. The van der Waals surface area contributed by atoms with E-state index < -0.39 is 173 Å². The van der Waals surface area contributed by atoms with Crippen molar-refractivity contribution < 1.29 is 67.1 Å². The summed E-state index contributed by atoms with van der Waals surface area (Å²) in [5.41, 5.74) is 33.3. The molecular weight excluding hydrogens is 1770 g/mol. The minimum Gasteiger partial charge on any atom is -0.370 e. The van der Waals surface area contributed by atoms with Gasteiger partial charge in [0.1, 0.15) is 78.5 Å². The fourth-order valence-electron chi connectivity index (χ4n) is 18.0. The van der Waals surface area contributed by atoms with Crippen LogP contribution in [0.2, 0.25) is 0 Å². The number of nitrogens with two attached hydrogens (primary N) is 5. The number of benzene rings is 7. The van der Waals surface area contributed by atoms with E-state index in [1.54, 1.807) is 152 Å². The highest BCUT2D eigenvalue weighted by Crippen LogP contribution is 2.28. The Morgan fingerprint density at radius 3 is 1.06 bits per heavy atom. The van der Waals surface area contributed by atoms with Crippen LogP contribution in [-0.2, 0) is 106 Å². The molecule has 0 aromatic heterocycles. The Labute approximate surface area is 812 Å². The Hall–Kier alpha value is -14.2. The molecular formula is C103H138N22O14. The molecule has 7 aromatic rings. The zero-order valence-corrected chi connectivity index (χ0v) is 79.7. The summed E-state index contributed by atoms with van der Waals surface area (Å²) < 4.78 is 0. The van der Waals surface area contributed by atoms with E-state index in [-0.39, 0.29) is 153 Å². The molecule has 0 bridgehead atoms. The maximum Gasteiger partial charge on any atom is 0.246 e. The van der Waals surface area contributed by atoms with E-state index in [2.05, 4.69) is 63.8 Å². The molecule has 0 spiro atoms. The van der Waals surface area contributed by atoms with Crippen molar-refractivity contribution in [2.45, 2.75) is 247 Å². The van der Waals surface area contributed by atoms with E-state index >= 15 is 43.2 Å². The Kier molecular flexibility index (Phi) is 41.6. The fraction of sp³-hybridized carbons (Fsp3) is 0.456. The van der Waals surface area contributed by atoms with Crippen LogP contribution in [0.5, 0.6) is 0 Å². The lowest BCUT2D eigenvalue weighted by atomic mass is 9.95. The number of likely N-dealkylation sites (tertiary alicyclic amines) is 3. The quantitative estimate of drug-likeness (QED) is 0.0148. The molecule has 0 saturated carbocycles. The first-order valence-electron chi connectivity index (χ1n) is 48.4. The monoisotopic (exact) mass is 1910 g/mol. The fourth-order valence-corrected chi connectivity index (χ4v) is 18.0. The topological polar surface area (TPSA) is 571 Å². The summed E-state index contributed by atoms with van der Waals surface area (Å²) in [5, 5.41) is 51.3. The maximum absolute atomic E-state index is 15.7. The van der Waals surface area contributed by atoms with Crippen molar-refractivity contribution in [3.63, 3.8) is 0 Å². The molecule has 3 saturated heterocycles. The highest BCUT2D eigenvalue weighted by Gasteiger charge is 2.46. The molecule has 139 heavy (non-hydrogen) atoms. The number of hydrogen-bond donors (Lipinski definition) is 19. The number of rotatable bonds is 52. The zero-order valence-electron chi connectivity index (χ0n) is 79.7. The van der Waals surface area contributed by atoms with Crippen LogP contribution in [-0.4, -0.2) is 233 Å². The van der Waals surface area contributed by atoms with Crippen LogP contribution >= 0.6 is 0 Å². The SMILES string of the molecule is CC[C@H](C)[C@H](NC(=O)[C@@H](N)Cc1cccc2ccccc12)C(=O)N[C@@H](CC(C)C)C(=O)N1CCC[C@H]1C(=O)N[C@@H](Cc1ccccc1)C(=O)N[C@@H](CCCCN)C(=O)N[C@@H](Cc1ccccc1)C(=O)N1CCC[C@H]1C(=O)N[C@@H](Cc1ccccc1)C(=O)N[C@@H](Cc1ccccc1)C(=O)N1CCC[C@H]1C(=O)N[C@@H](Cc1ccccc1)C(=O)N[C@@H](CCCNC(=N)N)C(=O)N[C@@H](CCCNC(=N)N)C(N)=O. The van der Waals surface area contributed by atoms with Gasteiger partial charge in [0.2, 0.25) is 82.7 Å². The first kappa shape index (κ1) is 107. The van der Waals surface area contributed by atoms with Gasteiger partial charge in [0, 0.05) is 64.8 Å². The molecule has 744 valence electrons. The van der Waals surface area contributed by atoms with Crippen LogP contribution in [0.3, 0.4) is 0 Å². The molecule has 3 fully saturated rings. The summed E-state index contributed by atoms with van der Waals surface area (Å²) in [6.45, 7) is 8.28. The predicted molar refractivity (Wildman–Crippen MR) is 529 cm³/mol. The number of nitrogens with zero attached hydrogens (tertiary/aromatic N) is 3. The van der Waals surface area contributed by atoms with Crippen molar-refractivity contribution in [1.82, 2.24) is 78.5 Å². The highest BCUT2D eigenvalue weighted by molar-refractivity contribution is 6.01. The second-order valence-electron chi connectivity index (χ2n) is 36.7. The van der Waals surface area contributed by atoms with Gasteiger partial charge in [-0.3, -0.25) is 77.9 Å². The summed E-state index contributed by atoms with van der Waals surface area (Å²) in [5.74, 6) is -11.0. The summed E-state index contributed by atoms with van der Waals surface area (Å²) in [6, 6.07) is 40.2. The molecule has 3 aliphatic heterocycles. The van der Waals surface area contributed by atoms with E-state index in [4.69, 9.17) is 39.5 Å². The van der Waals surface area contributed by atoms with E-state index in [9.17, 15) is 24.0 Å². The number of amides is 14. The zero-order chi connectivity index (χ0) is 100. The van der Waals surface area contributed by atoms with Crippen molar-refractivity contribution in [3.05, 3.63) is 228 Å². The molecule has 7 aromatic carbocycles. The lowest BCUT2D eigenvalue weighted by Gasteiger charge is -2.32. The van der Waals surface area contributed by atoms with Gasteiger partial charge in [-0.1, -0.05) is 228 Å². The molecule has 36 nitrogen and oxygen atoms in total. The van der Waals surface area contributed by atoms with Gasteiger partial charge in [0.15, 0.2) is 11.9 Å². The second-order valence-corrected chi connectivity index (χ2v) is 36.7. The van der Waals surface area contributed by atoms with Crippen LogP contribution in [0.1, 0.15) is 157 Å². The number of carbonyl (C=O) groups is 14. The van der Waals surface area contributed by atoms with Crippen LogP contribution in [0, 0.1) is 22.7 Å². The second kappa shape index (κ2) is 54.1. The molecule has 10 rings (SSSR count). The number of primary amides is 1. The first-order chi connectivity index (χ1) is 66.9. The van der Waals surface area contributed by atoms with Gasteiger partial charge >= 0.3 is 0 Å². The molecule has 0 unspecified atom stereocenters. The number of unbranched alkanes of at least 4 members (excludes halogenated alkanes) is 1. The minimum atomic E-state index is -1.41. The average Bonchev–Trinajstić information content (AvgIpc) is 1.81. The third kappa shape index (κ3) is 32.5. The number of nitrogens with one attached hydrogen (secondary N) is 14. The number of carbonyl (C=O) groups excluding carboxylic acids is 14. The third-order valence-electron chi connectivity index (χ3n) is 25.7. The Balaban J connectivity index is 0.849. The van der Waals surface area contributed by atoms with Crippen molar-refractivity contribution in [2.75, 3.05) is 39.3 Å². The minimum absolute atomic E-state index is 0.0205. The molecule has 36 heteroatoms. The Morgan fingerprint density at radius 2 is 0.691 bits per heavy atom. The smallest absolute Gasteiger partial charge is 0.246 e. The first-order valence-corrected chi connectivity index (χ1v) is 48.4.